The van der Waals surface area contributed by atoms with E-state index in [2.05, 4.69) is 10.4 Å². The van der Waals surface area contributed by atoms with Crippen LogP contribution in [0.5, 0.6) is 0 Å². The van der Waals surface area contributed by atoms with Crippen molar-refractivity contribution in [2.45, 2.75) is 38.4 Å². The van der Waals surface area contributed by atoms with Gasteiger partial charge in [-0.1, -0.05) is 17.8 Å². The summed E-state index contributed by atoms with van der Waals surface area (Å²) in [6.07, 6.45) is 1.66. The van der Waals surface area contributed by atoms with Gasteiger partial charge in [0.15, 0.2) is 10.8 Å². The van der Waals surface area contributed by atoms with Crippen LogP contribution in [0, 0.1) is 13.8 Å². The van der Waals surface area contributed by atoms with Gasteiger partial charge in [-0.2, -0.15) is 5.10 Å². The summed E-state index contributed by atoms with van der Waals surface area (Å²) in [5.74, 6) is -0.0645. The van der Waals surface area contributed by atoms with Crippen molar-refractivity contribution < 1.29 is 14.3 Å². The molecule has 5 rings (SSSR count). The Morgan fingerprint density at radius 1 is 1.14 bits per heavy atom. The molecular weight excluding hydrogens is 478 g/mol. The molecular formula is C26H25N5O4S. The molecule has 0 fully saturated rings. The molecule has 1 N–H and O–H groups in total. The van der Waals surface area contributed by atoms with Crippen LogP contribution in [0.25, 0.3) is 16.7 Å². The van der Waals surface area contributed by atoms with E-state index >= 15 is 0 Å². The van der Waals surface area contributed by atoms with Gasteiger partial charge in [0, 0.05) is 17.9 Å². The summed E-state index contributed by atoms with van der Waals surface area (Å²) >= 11 is 1.46. The number of carbonyl (C=O) groups excluding carboxylic acids is 2. The molecule has 184 valence electrons. The first kappa shape index (κ1) is 23.8. The van der Waals surface area contributed by atoms with E-state index in [0.29, 0.717) is 39.8 Å². The molecule has 0 radical (unpaired) electrons. The fraction of sp³-hybridized carbons (Fsp3) is 0.269. The first-order valence-electron chi connectivity index (χ1n) is 11.6. The summed E-state index contributed by atoms with van der Waals surface area (Å²) < 4.78 is 8.26. The zero-order valence-corrected chi connectivity index (χ0v) is 21.0. The highest BCUT2D eigenvalue weighted by molar-refractivity contribution is 7.99. The number of fused-ring (bicyclic) bond motifs is 2. The summed E-state index contributed by atoms with van der Waals surface area (Å²) in [4.78, 5) is 42.7. The first-order chi connectivity index (χ1) is 17.4. The molecule has 10 heteroatoms. The molecule has 0 bridgehead atoms. The number of esters is 1. The van der Waals surface area contributed by atoms with Crippen LogP contribution in [0.4, 0.5) is 5.69 Å². The van der Waals surface area contributed by atoms with Gasteiger partial charge in [0.1, 0.15) is 5.39 Å². The number of hydrogen-bond donors (Lipinski definition) is 1. The normalized spacial score (nSPS) is 14.6. The topological polar surface area (TPSA) is 108 Å². The highest BCUT2D eigenvalue weighted by Gasteiger charge is 2.29. The molecule has 1 amide bonds. The van der Waals surface area contributed by atoms with Crippen LogP contribution in [0.15, 0.2) is 58.6 Å². The predicted octanol–water partition coefficient (Wildman–Crippen LogP) is 4.05. The number of carbonyl (C=O) groups is 2. The van der Waals surface area contributed by atoms with E-state index in [0.717, 1.165) is 11.3 Å². The summed E-state index contributed by atoms with van der Waals surface area (Å²) in [6.45, 7) is 6.12. The zero-order valence-electron chi connectivity index (χ0n) is 20.1. The lowest BCUT2D eigenvalue weighted by Crippen LogP contribution is -2.27. The standard InChI is InChI=1S/C26H25N5O4S/c1-4-35-25(34)17-6-8-18(9-7-17)28-22(32)12-20-14-36-26-29-23-21(24(33)30(20)26)13-27-31(23)19-10-5-15(2)16(3)11-19/h5-11,13,20H,4,12,14H2,1-3H3,(H,28,32). The van der Waals surface area contributed by atoms with Crippen LogP contribution in [0.3, 0.4) is 0 Å². The minimum atomic E-state index is -0.408. The van der Waals surface area contributed by atoms with Gasteiger partial charge in [0.2, 0.25) is 5.91 Å². The van der Waals surface area contributed by atoms with Crippen molar-refractivity contribution in [1.29, 1.82) is 0 Å². The van der Waals surface area contributed by atoms with Gasteiger partial charge >= 0.3 is 5.97 Å². The summed E-state index contributed by atoms with van der Waals surface area (Å²) in [6, 6.07) is 12.2. The Morgan fingerprint density at radius 2 is 1.92 bits per heavy atom. The van der Waals surface area contributed by atoms with Crippen LogP contribution < -0.4 is 10.9 Å². The van der Waals surface area contributed by atoms with Gasteiger partial charge in [-0.25, -0.2) is 14.5 Å². The maximum absolute atomic E-state index is 13.4. The maximum atomic E-state index is 13.4. The number of benzene rings is 2. The monoisotopic (exact) mass is 503 g/mol. The number of thioether (sulfide) groups is 1. The van der Waals surface area contributed by atoms with Crippen molar-refractivity contribution in [3.63, 3.8) is 0 Å². The highest BCUT2D eigenvalue weighted by atomic mass is 32.2. The van der Waals surface area contributed by atoms with E-state index in [-0.39, 0.29) is 23.9 Å². The maximum Gasteiger partial charge on any atom is 0.338 e. The Kier molecular flexibility index (Phi) is 6.36. The number of anilines is 1. The molecule has 1 unspecified atom stereocenters. The van der Waals surface area contributed by atoms with Gasteiger partial charge in [-0.3, -0.25) is 14.2 Å². The second-order valence-corrected chi connectivity index (χ2v) is 9.63. The molecule has 1 atom stereocenters. The van der Waals surface area contributed by atoms with E-state index in [1.807, 2.05) is 32.0 Å². The van der Waals surface area contributed by atoms with Crippen molar-refractivity contribution in [1.82, 2.24) is 19.3 Å². The smallest absolute Gasteiger partial charge is 0.338 e. The summed E-state index contributed by atoms with van der Waals surface area (Å²) in [5.41, 5.74) is 4.44. The highest BCUT2D eigenvalue weighted by Crippen LogP contribution is 2.33. The van der Waals surface area contributed by atoms with Crippen molar-refractivity contribution in [3.8, 4) is 5.69 Å². The van der Waals surface area contributed by atoms with Gasteiger partial charge in [0.25, 0.3) is 5.56 Å². The predicted molar refractivity (Wildman–Crippen MR) is 138 cm³/mol. The molecule has 0 saturated carbocycles. The molecule has 0 aliphatic carbocycles. The van der Waals surface area contributed by atoms with E-state index in [1.54, 1.807) is 46.6 Å². The van der Waals surface area contributed by atoms with Crippen molar-refractivity contribution in [2.75, 3.05) is 17.7 Å². The number of hydrogen-bond acceptors (Lipinski definition) is 7. The Labute approximate surface area is 211 Å². The van der Waals surface area contributed by atoms with E-state index in [4.69, 9.17) is 9.72 Å². The molecule has 3 heterocycles. The number of aromatic nitrogens is 4. The van der Waals surface area contributed by atoms with Crippen LogP contribution in [0.2, 0.25) is 0 Å². The number of amides is 1. The van der Waals surface area contributed by atoms with Gasteiger partial charge < -0.3 is 10.1 Å². The van der Waals surface area contributed by atoms with E-state index in [1.165, 1.54) is 17.3 Å². The fourth-order valence-corrected chi connectivity index (χ4v) is 5.29. The Balaban J connectivity index is 1.35. The van der Waals surface area contributed by atoms with E-state index in [9.17, 15) is 14.4 Å². The number of aryl methyl sites for hydroxylation is 2. The van der Waals surface area contributed by atoms with Crippen LogP contribution in [-0.4, -0.2) is 43.6 Å². The van der Waals surface area contributed by atoms with Crippen molar-refractivity contribution in [3.05, 3.63) is 75.7 Å². The number of ether oxygens (including phenoxy) is 1. The molecule has 36 heavy (non-hydrogen) atoms. The lowest BCUT2D eigenvalue weighted by Gasteiger charge is -2.14. The van der Waals surface area contributed by atoms with Gasteiger partial charge in [-0.15, -0.1) is 0 Å². The molecule has 2 aromatic heterocycles. The molecule has 1 aliphatic heterocycles. The second kappa shape index (κ2) is 9.62. The molecule has 0 saturated heterocycles. The lowest BCUT2D eigenvalue weighted by molar-refractivity contribution is -0.116. The van der Waals surface area contributed by atoms with Gasteiger partial charge in [-0.05, 0) is 68.3 Å². The van der Waals surface area contributed by atoms with E-state index < -0.39 is 5.97 Å². The Hall–Kier alpha value is -3.92. The number of nitrogens with zero attached hydrogens (tertiary/aromatic N) is 4. The minimum absolute atomic E-state index is 0.123. The quantitative estimate of drug-likeness (QED) is 0.312. The van der Waals surface area contributed by atoms with Crippen molar-refractivity contribution in [2.24, 2.45) is 0 Å². The minimum Gasteiger partial charge on any atom is -0.462 e. The first-order valence-corrected chi connectivity index (χ1v) is 12.6. The van der Waals surface area contributed by atoms with Crippen LogP contribution in [0.1, 0.15) is 40.9 Å². The van der Waals surface area contributed by atoms with Crippen molar-refractivity contribution >= 4 is 40.4 Å². The second-order valence-electron chi connectivity index (χ2n) is 8.65. The van der Waals surface area contributed by atoms with Crippen LogP contribution >= 0.6 is 11.8 Å². The molecule has 9 nitrogen and oxygen atoms in total. The Bertz CT molecular complexity index is 1540. The third-order valence-electron chi connectivity index (χ3n) is 6.21. The molecule has 0 spiro atoms. The molecule has 4 aromatic rings. The lowest BCUT2D eigenvalue weighted by atomic mass is 10.1. The average Bonchev–Trinajstić information content (AvgIpc) is 3.46. The molecule has 1 aliphatic rings. The average molecular weight is 504 g/mol. The third-order valence-corrected chi connectivity index (χ3v) is 7.30. The SMILES string of the molecule is CCOC(=O)c1ccc(NC(=O)CC2CSc3nc4c(cnn4-c4ccc(C)c(C)c4)c(=O)n32)cc1. The summed E-state index contributed by atoms with van der Waals surface area (Å²) in [5, 5.41) is 8.26. The zero-order chi connectivity index (χ0) is 25.4. The number of rotatable bonds is 6. The number of nitrogens with one attached hydrogen (secondary N) is 1. The largest absolute Gasteiger partial charge is 0.462 e. The van der Waals surface area contributed by atoms with Crippen LogP contribution in [-0.2, 0) is 9.53 Å². The summed E-state index contributed by atoms with van der Waals surface area (Å²) in [7, 11) is 0. The molecule has 2 aromatic carbocycles. The fourth-order valence-electron chi connectivity index (χ4n) is 4.16. The third kappa shape index (κ3) is 4.39. The Morgan fingerprint density at radius 3 is 2.64 bits per heavy atom. The van der Waals surface area contributed by atoms with Gasteiger partial charge in [0.05, 0.1) is 30.1 Å².